The summed E-state index contributed by atoms with van der Waals surface area (Å²) in [5, 5.41) is 6.95. The van der Waals surface area contributed by atoms with Gasteiger partial charge in [0.05, 0.1) is 61.7 Å². The number of rotatable bonds is 8. The summed E-state index contributed by atoms with van der Waals surface area (Å²) in [4.78, 5) is 28.1. The van der Waals surface area contributed by atoms with E-state index in [4.69, 9.17) is 10.5 Å². The Labute approximate surface area is 220 Å². The molecule has 1 aliphatic rings. The zero-order chi connectivity index (χ0) is 26.8. The maximum absolute atomic E-state index is 14.3. The van der Waals surface area contributed by atoms with Crippen molar-refractivity contribution in [3.8, 4) is 5.75 Å². The molecule has 6 N–H and O–H groups in total. The van der Waals surface area contributed by atoms with Gasteiger partial charge >= 0.3 is 0 Å². The Hall–Kier alpha value is -4.38. The van der Waals surface area contributed by atoms with Crippen LogP contribution in [-0.4, -0.2) is 60.2 Å². The molecule has 11 heteroatoms. The van der Waals surface area contributed by atoms with Gasteiger partial charge in [-0.15, -0.1) is 0 Å². The van der Waals surface area contributed by atoms with E-state index in [0.717, 1.165) is 31.9 Å². The summed E-state index contributed by atoms with van der Waals surface area (Å²) >= 11 is 0. The molecule has 10 nitrogen and oxygen atoms in total. The van der Waals surface area contributed by atoms with E-state index in [2.05, 4.69) is 50.4 Å². The van der Waals surface area contributed by atoms with Crippen LogP contribution in [0.2, 0.25) is 0 Å². The standard InChI is InChI=1S/C27H31FN8O2/c1-16(2)35-11-13-36(14-12-35)17-7-8-20(22(15-17)38-3)32-27-33-25-18(9-10-30-25)26(34-27)31-21-6-4-5-19(28)23(21)24(29)37/h4-10,15-16H,11-14H2,1-3H3,(H2,29,37)(H3,30,31,32,33,34)/p+1. The third kappa shape index (κ3) is 5.05. The van der Waals surface area contributed by atoms with Crippen LogP contribution in [0, 0.1) is 5.82 Å². The van der Waals surface area contributed by atoms with Crippen molar-refractivity contribution in [1.82, 2.24) is 15.0 Å². The molecule has 0 atom stereocenters. The minimum Gasteiger partial charge on any atom is -0.494 e. The molecule has 2 aromatic carbocycles. The van der Waals surface area contributed by atoms with E-state index in [1.807, 2.05) is 12.1 Å². The molecule has 1 fully saturated rings. The van der Waals surface area contributed by atoms with Gasteiger partial charge < -0.3 is 35.9 Å². The first-order valence-corrected chi connectivity index (χ1v) is 12.6. The van der Waals surface area contributed by atoms with Crippen LogP contribution in [0.5, 0.6) is 5.75 Å². The lowest BCUT2D eigenvalue weighted by atomic mass is 10.1. The number of benzene rings is 2. The van der Waals surface area contributed by atoms with Gasteiger partial charge in [-0.25, -0.2) is 4.39 Å². The predicted molar refractivity (Wildman–Crippen MR) is 146 cm³/mol. The normalized spacial score (nSPS) is 14.2. The van der Waals surface area contributed by atoms with E-state index >= 15 is 0 Å². The van der Waals surface area contributed by atoms with Crippen molar-refractivity contribution < 1.29 is 18.8 Å². The average Bonchev–Trinajstić information content (AvgIpc) is 3.38. The number of carbonyl (C=O) groups excluding carboxylic acids is 1. The minimum absolute atomic E-state index is 0.214. The second-order valence-electron chi connectivity index (χ2n) is 9.60. The maximum Gasteiger partial charge on any atom is 0.253 e. The first-order chi connectivity index (χ1) is 18.3. The third-order valence-electron chi connectivity index (χ3n) is 6.95. The zero-order valence-corrected chi connectivity index (χ0v) is 21.6. The minimum atomic E-state index is -0.875. The Bertz CT molecular complexity index is 1460. The zero-order valence-electron chi connectivity index (χ0n) is 21.6. The fourth-order valence-corrected chi connectivity index (χ4v) is 4.83. The van der Waals surface area contributed by atoms with Crippen LogP contribution in [-0.2, 0) is 0 Å². The number of hydrogen-bond donors (Lipinski definition) is 5. The highest BCUT2D eigenvalue weighted by Gasteiger charge is 2.23. The number of nitrogens with two attached hydrogens (primary N) is 1. The van der Waals surface area contributed by atoms with E-state index in [0.29, 0.717) is 40.3 Å². The van der Waals surface area contributed by atoms with E-state index in [-0.39, 0.29) is 11.3 Å². The first kappa shape index (κ1) is 25.3. The molecule has 1 amide bonds. The third-order valence-corrected chi connectivity index (χ3v) is 6.95. The number of ether oxygens (including phenoxy) is 1. The Kier molecular flexibility index (Phi) is 7.01. The van der Waals surface area contributed by atoms with E-state index in [9.17, 15) is 9.18 Å². The highest BCUT2D eigenvalue weighted by Crippen LogP contribution is 2.33. The van der Waals surface area contributed by atoms with Gasteiger partial charge in [-0.2, -0.15) is 9.97 Å². The smallest absolute Gasteiger partial charge is 0.253 e. The molecule has 0 unspecified atom stereocenters. The second kappa shape index (κ2) is 10.5. The van der Waals surface area contributed by atoms with Gasteiger partial charge in [-0.3, -0.25) is 4.79 Å². The molecule has 198 valence electrons. The fourth-order valence-electron chi connectivity index (χ4n) is 4.83. The topological polar surface area (TPSA) is 126 Å². The Morgan fingerprint density at radius 3 is 2.63 bits per heavy atom. The van der Waals surface area contributed by atoms with Crippen LogP contribution >= 0.6 is 0 Å². The lowest BCUT2D eigenvalue weighted by Crippen LogP contribution is -3.17. The van der Waals surface area contributed by atoms with Gasteiger partial charge in [-0.1, -0.05) is 6.07 Å². The summed E-state index contributed by atoms with van der Waals surface area (Å²) in [5.74, 6) is -0.253. The number of halogens is 1. The number of nitrogens with one attached hydrogen (secondary N) is 4. The summed E-state index contributed by atoms with van der Waals surface area (Å²) in [7, 11) is 1.63. The van der Waals surface area contributed by atoms with Gasteiger partial charge in [-0.05, 0) is 44.2 Å². The maximum atomic E-state index is 14.3. The number of aromatic amines is 1. The lowest BCUT2D eigenvalue weighted by molar-refractivity contribution is -0.921. The van der Waals surface area contributed by atoms with Crippen molar-refractivity contribution in [2.75, 3.05) is 48.8 Å². The molecular weight excluding hydrogens is 487 g/mol. The Balaban J connectivity index is 1.42. The number of piperazine rings is 1. The summed E-state index contributed by atoms with van der Waals surface area (Å²) in [6.45, 7) is 8.69. The number of amides is 1. The number of carbonyl (C=O) groups is 1. The Morgan fingerprint density at radius 2 is 1.92 bits per heavy atom. The molecule has 0 spiro atoms. The van der Waals surface area contributed by atoms with E-state index in [1.165, 1.54) is 12.1 Å². The molecule has 38 heavy (non-hydrogen) atoms. The molecule has 4 aromatic rings. The molecule has 0 aliphatic carbocycles. The van der Waals surface area contributed by atoms with Crippen LogP contribution in [0.25, 0.3) is 11.0 Å². The van der Waals surface area contributed by atoms with E-state index < -0.39 is 11.7 Å². The Morgan fingerprint density at radius 1 is 1.13 bits per heavy atom. The summed E-state index contributed by atoms with van der Waals surface area (Å²) in [6, 6.07) is 12.7. The van der Waals surface area contributed by atoms with Crippen LogP contribution in [0.3, 0.4) is 0 Å². The summed E-state index contributed by atoms with van der Waals surface area (Å²) in [5.41, 5.74) is 7.75. The highest BCUT2D eigenvalue weighted by atomic mass is 19.1. The van der Waals surface area contributed by atoms with Crippen LogP contribution in [0.1, 0.15) is 24.2 Å². The number of hydrogen-bond acceptors (Lipinski definition) is 7. The SMILES string of the molecule is COc1cc(N2CC[NH+](C(C)C)CC2)ccc1Nc1nc(Nc2cccc(F)c2C(N)=O)c2cc[nH]c2n1. The van der Waals surface area contributed by atoms with Gasteiger partial charge in [0.1, 0.15) is 23.0 Å². The number of quaternary nitrogens is 1. The largest absolute Gasteiger partial charge is 0.494 e. The molecule has 1 aliphatic heterocycles. The molecule has 3 heterocycles. The van der Waals surface area contributed by atoms with Crippen molar-refractivity contribution in [2.24, 2.45) is 5.73 Å². The number of fused-ring (bicyclic) bond motifs is 1. The predicted octanol–water partition coefficient (Wildman–Crippen LogP) is 2.80. The number of aromatic nitrogens is 3. The molecule has 5 rings (SSSR count). The molecular formula is C27H32FN8O2+. The molecule has 1 saturated heterocycles. The molecule has 2 aromatic heterocycles. The monoisotopic (exact) mass is 519 g/mol. The van der Waals surface area contributed by atoms with Crippen LogP contribution in [0.4, 0.5) is 33.2 Å². The number of primary amides is 1. The van der Waals surface area contributed by atoms with Crippen molar-refractivity contribution >= 4 is 45.8 Å². The van der Waals surface area contributed by atoms with Crippen LogP contribution in [0.15, 0.2) is 48.7 Å². The van der Waals surface area contributed by atoms with E-state index in [1.54, 1.807) is 30.3 Å². The van der Waals surface area contributed by atoms with Crippen molar-refractivity contribution in [3.63, 3.8) is 0 Å². The molecule has 0 bridgehead atoms. The van der Waals surface area contributed by atoms with Crippen molar-refractivity contribution in [2.45, 2.75) is 19.9 Å². The lowest BCUT2D eigenvalue weighted by Gasteiger charge is -2.35. The van der Waals surface area contributed by atoms with Crippen molar-refractivity contribution in [1.29, 1.82) is 0 Å². The van der Waals surface area contributed by atoms with Crippen molar-refractivity contribution in [3.05, 3.63) is 60.0 Å². The average molecular weight is 520 g/mol. The number of H-pyrrole nitrogens is 1. The van der Waals surface area contributed by atoms with Gasteiger partial charge in [0, 0.05) is 18.0 Å². The van der Waals surface area contributed by atoms with Crippen LogP contribution < -0.4 is 30.9 Å². The number of methoxy groups -OCH3 is 1. The fraction of sp³-hybridized carbons (Fsp3) is 0.296. The number of anilines is 5. The summed E-state index contributed by atoms with van der Waals surface area (Å²) < 4.78 is 20.0. The van der Waals surface area contributed by atoms with Gasteiger partial charge in [0.2, 0.25) is 5.95 Å². The quantitative estimate of drug-likeness (QED) is 0.242. The highest BCUT2D eigenvalue weighted by molar-refractivity contribution is 6.01. The first-order valence-electron chi connectivity index (χ1n) is 12.6. The molecule has 0 radical (unpaired) electrons. The number of nitrogens with zero attached hydrogens (tertiary/aromatic N) is 3. The van der Waals surface area contributed by atoms with Gasteiger partial charge in [0.15, 0.2) is 0 Å². The summed E-state index contributed by atoms with van der Waals surface area (Å²) in [6.07, 6.45) is 1.73. The molecule has 0 saturated carbocycles. The van der Waals surface area contributed by atoms with Gasteiger partial charge in [0.25, 0.3) is 5.91 Å². The second-order valence-corrected chi connectivity index (χ2v) is 9.60.